The van der Waals surface area contributed by atoms with E-state index in [0.717, 1.165) is 29.8 Å². The number of rotatable bonds is 6. The van der Waals surface area contributed by atoms with E-state index in [-0.39, 0.29) is 11.9 Å². The van der Waals surface area contributed by atoms with Crippen molar-refractivity contribution < 1.29 is 4.79 Å². The Bertz CT molecular complexity index is 458. The number of anilines is 1. The van der Waals surface area contributed by atoms with Gasteiger partial charge in [0.25, 0.3) is 0 Å². The molecule has 1 aromatic rings. The Kier molecular flexibility index (Phi) is 10.6. The van der Waals surface area contributed by atoms with E-state index >= 15 is 0 Å². The van der Waals surface area contributed by atoms with Crippen LogP contribution in [0.4, 0.5) is 5.69 Å². The van der Waals surface area contributed by atoms with E-state index in [1.54, 1.807) is 0 Å². The first-order valence-electron chi connectivity index (χ1n) is 8.87. The molecule has 0 saturated heterocycles. The number of hydrogen-bond donors (Lipinski definition) is 1. The van der Waals surface area contributed by atoms with E-state index in [1.807, 2.05) is 27.8 Å². The molecule has 0 heterocycles. The summed E-state index contributed by atoms with van der Waals surface area (Å²) in [6, 6.07) is 4.09. The number of aryl methyl sites for hydroxylation is 3. The fourth-order valence-electron chi connectivity index (χ4n) is 2.35. The molecule has 1 rings (SSSR count). The lowest BCUT2D eigenvalue weighted by Crippen LogP contribution is -2.40. The molecule has 0 aliphatic rings. The molecule has 1 unspecified atom stereocenters. The van der Waals surface area contributed by atoms with Gasteiger partial charge in [-0.25, -0.2) is 0 Å². The van der Waals surface area contributed by atoms with Crippen LogP contribution in [-0.2, 0) is 4.79 Å². The van der Waals surface area contributed by atoms with Gasteiger partial charge in [0.2, 0.25) is 5.91 Å². The van der Waals surface area contributed by atoms with Crippen molar-refractivity contribution in [1.82, 2.24) is 4.90 Å². The van der Waals surface area contributed by atoms with Crippen molar-refractivity contribution in [3.05, 3.63) is 28.8 Å². The Morgan fingerprint density at radius 2 is 1.52 bits per heavy atom. The highest BCUT2D eigenvalue weighted by Crippen LogP contribution is 2.22. The molecule has 0 fully saturated rings. The van der Waals surface area contributed by atoms with Gasteiger partial charge in [0, 0.05) is 5.69 Å². The van der Waals surface area contributed by atoms with Crippen molar-refractivity contribution in [3.63, 3.8) is 0 Å². The summed E-state index contributed by atoms with van der Waals surface area (Å²) in [5, 5.41) is 3.06. The van der Waals surface area contributed by atoms with Gasteiger partial charge >= 0.3 is 0 Å². The van der Waals surface area contributed by atoms with Crippen LogP contribution >= 0.6 is 0 Å². The van der Waals surface area contributed by atoms with Crippen LogP contribution in [0.1, 0.15) is 63.6 Å². The minimum atomic E-state index is -0.111. The Morgan fingerprint density at radius 1 is 1.04 bits per heavy atom. The molecule has 23 heavy (non-hydrogen) atoms. The topological polar surface area (TPSA) is 32.3 Å². The summed E-state index contributed by atoms with van der Waals surface area (Å²) in [4.78, 5) is 14.3. The van der Waals surface area contributed by atoms with Crippen molar-refractivity contribution in [1.29, 1.82) is 0 Å². The molecule has 1 atom stereocenters. The Hall–Kier alpha value is -1.35. The molecule has 0 aliphatic heterocycles. The highest BCUT2D eigenvalue weighted by Gasteiger charge is 2.18. The summed E-state index contributed by atoms with van der Waals surface area (Å²) < 4.78 is 0. The highest BCUT2D eigenvalue weighted by molar-refractivity contribution is 5.95. The lowest BCUT2D eigenvalue weighted by molar-refractivity contribution is -0.120. The average molecular weight is 321 g/mol. The highest BCUT2D eigenvalue weighted by atomic mass is 16.2. The van der Waals surface area contributed by atoms with Crippen LogP contribution in [0.25, 0.3) is 0 Å². The maximum absolute atomic E-state index is 12.3. The van der Waals surface area contributed by atoms with Gasteiger partial charge in [0.05, 0.1) is 6.04 Å². The average Bonchev–Trinajstić information content (AvgIpc) is 2.50. The number of carbonyl (C=O) groups is 1. The van der Waals surface area contributed by atoms with E-state index in [0.29, 0.717) is 0 Å². The maximum atomic E-state index is 12.3. The molecule has 3 nitrogen and oxygen atoms in total. The van der Waals surface area contributed by atoms with Crippen molar-refractivity contribution in [2.24, 2.45) is 0 Å². The first-order valence-corrected chi connectivity index (χ1v) is 8.87. The third-order valence-electron chi connectivity index (χ3n) is 4.04. The minimum Gasteiger partial charge on any atom is -0.324 e. The van der Waals surface area contributed by atoms with E-state index in [2.05, 4.69) is 50.0 Å². The number of nitrogens with one attached hydrogen (secondary N) is 1. The van der Waals surface area contributed by atoms with Gasteiger partial charge in [-0.05, 0) is 58.8 Å². The van der Waals surface area contributed by atoms with E-state index < -0.39 is 0 Å². The van der Waals surface area contributed by atoms with Gasteiger partial charge in [-0.15, -0.1) is 0 Å². The lowest BCUT2D eigenvalue weighted by Gasteiger charge is -2.24. The molecular weight excluding hydrogens is 284 g/mol. The zero-order valence-electron chi connectivity index (χ0n) is 16.4. The number of unbranched alkanes of at least 4 members (excludes halogenated alkanes) is 1. The number of benzene rings is 1. The van der Waals surface area contributed by atoms with Crippen LogP contribution < -0.4 is 5.32 Å². The third kappa shape index (κ3) is 7.65. The predicted octanol–water partition coefficient (Wildman–Crippen LogP) is 5.09. The van der Waals surface area contributed by atoms with Crippen molar-refractivity contribution in [2.45, 2.75) is 73.8 Å². The van der Waals surface area contributed by atoms with E-state index in [9.17, 15) is 4.79 Å². The van der Waals surface area contributed by atoms with Crippen LogP contribution in [0.5, 0.6) is 0 Å². The molecule has 0 radical (unpaired) electrons. The van der Waals surface area contributed by atoms with Crippen LogP contribution in [0.15, 0.2) is 12.1 Å². The van der Waals surface area contributed by atoms with Crippen molar-refractivity contribution in [2.75, 3.05) is 18.9 Å². The first-order chi connectivity index (χ1) is 10.8. The Morgan fingerprint density at radius 3 is 1.91 bits per heavy atom. The van der Waals surface area contributed by atoms with Gasteiger partial charge < -0.3 is 5.32 Å². The van der Waals surface area contributed by atoms with Gasteiger partial charge in [-0.2, -0.15) is 0 Å². The van der Waals surface area contributed by atoms with Crippen LogP contribution in [-0.4, -0.2) is 30.4 Å². The monoisotopic (exact) mass is 320 g/mol. The molecule has 0 bridgehead atoms. The largest absolute Gasteiger partial charge is 0.324 e. The maximum Gasteiger partial charge on any atom is 0.241 e. The van der Waals surface area contributed by atoms with Gasteiger partial charge in [0.15, 0.2) is 0 Å². The molecule has 3 heteroatoms. The van der Waals surface area contributed by atoms with E-state index in [4.69, 9.17) is 0 Å². The Balaban J connectivity index is 0.00000108. The summed E-state index contributed by atoms with van der Waals surface area (Å²) in [5.41, 5.74) is 4.42. The van der Waals surface area contributed by atoms with Crippen molar-refractivity contribution in [3.8, 4) is 0 Å². The van der Waals surface area contributed by atoms with Crippen LogP contribution in [0.2, 0.25) is 0 Å². The van der Waals surface area contributed by atoms with Crippen LogP contribution in [0.3, 0.4) is 0 Å². The second-order valence-electron chi connectivity index (χ2n) is 6.42. The summed E-state index contributed by atoms with van der Waals surface area (Å²) in [7, 11) is 1.99. The molecule has 0 aliphatic carbocycles. The standard InChI is InChI=1S/C16H26N2O.C4H10/c1-7-8-18(6)14(5)16(19)17-15-12(3)9-11(2)10-13(15)4;1-3-4-2/h9-10,14H,7-8H2,1-6H3,(H,17,19);3-4H2,1-2H3. The number of nitrogens with zero attached hydrogens (tertiary/aromatic N) is 1. The Labute approximate surface area is 143 Å². The summed E-state index contributed by atoms with van der Waals surface area (Å²) in [5.74, 6) is 0.0611. The minimum absolute atomic E-state index is 0.0611. The number of amides is 1. The van der Waals surface area contributed by atoms with Gasteiger partial charge in [-0.1, -0.05) is 51.3 Å². The molecule has 0 saturated carbocycles. The third-order valence-corrected chi connectivity index (χ3v) is 4.04. The smallest absolute Gasteiger partial charge is 0.241 e. The second-order valence-corrected chi connectivity index (χ2v) is 6.42. The lowest BCUT2D eigenvalue weighted by atomic mass is 10.0. The predicted molar refractivity (Wildman–Crippen MR) is 102 cm³/mol. The molecule has 0 spiro atoms. The molecule has 1 amide bonds. The molecule has 0 aromatic heterocycles. The zero-order valence-corrected chi connectivity index (χ0v) is 16.4. The molecule has 132 valence electrons. The molecule has 1 N–H and O–H groups in total. The van der Waals surface area contributed by atoms with Crippen molar-refractivity contribution >= 4 is 11.6 Å². The molecule has 1 aromatic carbocycles. The van der Waals surface area contributed by atoms with E-state index in [1.165, 1.54) is 18.4 Å². The van der Waals surface area contributed by atoms with Gasteiger partial charge in [0.1, 0.15) is 0 Å². The second kappa shape index (κ2) is 11.2. The summed E-state index contributed by atoms with van der Waals surface area (Å²) in [6.07, 6.45) is 3.69. The first kappa shape index (κ1) is 21.6. The number of hydrogen-bond acceptors (Lipinski definition) is 2. The molecular formula is C20H36N2O. The summed E-state index contributed by atoms with van der Waals surface area (Å²) in [6.45, 7) is 15.5. The van der Waals surface area contributed by atoms with Gasteiger partial charge in [-0.3, -0.25) is 9.69 Å². The van der Waals surface area contributed by atoms with Crippen LogP contribution in [0, 0.1) is 20.8 Å². The zero-order chi connectivity index (χ0) is 18.0. The quantitative estimate of drug-likeness (QED) is 0.792. The fraction of sp³-hybridized carbons (Fsp3) is 0.650. The number of carbonyl (C=O) groups excluding carboxylic acids is 1. The fourth-order valence-corrected chi connectivity index (χ4v) is 2.35. The SMILES string of the molecule is CCCC.CCCN(C)C(C)C(=O)Nc1c(C)cc(C)cc1C. The summed E-state index contributed by atoms with van der Waals surface area (Å²) >= 11 is 0. The number of likely N-dealkylation sites (N-methyl/N-ethyl adjacent to an activating group) is 1. The normalized spacial score (nSPS) is 11.7.